The van der Waals surface area contributed by atoms with Crippen LogP contribution < -0.4 is 4.74 Å². The molecular formula is C13H7ClF3NO2. The van der Waals surface area contributed by atoms with Crippen LogP contribution in [-0.4, -0.2) is 17.6 Å². The molecule has 0 saturated heterocycles. The number of pyridine rings is 1. The summed E-state index contributed by atoms with van der Waals surface area (Å²) in [7, 11) is 0. The lowest BCUT2D eigenvalue weighted by Gasteiger charge is -2.11. The Bertz CT molecular complexity index is 644. The third kappa shape index (κ3) is 3.27. The Kier molecular flexibility index (Phi) is 3.94. The zero-order chi connectivity index (χ0) is 14.8. The summed E-state index contributed by atoms with van der Waals surface area (Å²) in [5.74, 6) is -0.397. The van der Waals surface area contributed by atoms with Crippen LogP contribution in [0.4, 0.5) is 13.2 Å². The van der Waals surface area contributed by atoms with Gasteiger partial charge in [0.05, 0.1) is 0 Å². The lowest BCUT2D eigenvalue weighted by Crippen LogP contribution is -2.17. The van der Waals surface area contributed by atoms with Crippen molar-refractivity contribution < 1.29 is 22.7 Å². The van der Waals surface area contributed by atoms with E-state index < -0.39 is 12.1 Å². The average molecular weight is 302 g/mol. The molecule has 0 aliphatic carbocycles. The second-order valence-corrected chi connectivity index (χ2v) is 4.12. The van der Waals surface area contributed by atoms with Crippen molar-refractivity contribution in [3.05, 3.63) is 47.2 Å². The molecule has 0 bridgehead atoms. The van der Waals surface area contributed by atoms with Crippen LogP contribution in [0.25, 0.3) is 11.1 Å². The lowest BCUT2D eigenvalue weighted by atomic mass is 10.0. The molecule has 1 aromatic carbocycles. The minimum absolute atomic E-state index is 0.0266. The fraction of sp³-hybridized carbons (Fsp3) is 0.0769. The summed E-state index contributed by atoms with van der Waals surface area (Å²) in [6.45, 7) is 0. The van der Waals surface area contributed by atoms with Gasteiger partial charge in [0.15, 0.2) is 6.29 Å². The number of hydrogen-bond acceptors (Lipinski definition) is 3. The lowest BCUT2D eigenvalue weighted by molar-refractivity contribution is -0.274. The van der Waals surface area contributed by atoms with E-state index in [9.17, 15) is 18.0 Å². The van der Waals surface area contributed by atoms with Crippen LogP contribution in [0.1, 0.15) is 10.4 Å². The van der Waals surface area contributed by atoms with Gasteiger partial charge in [-0.15, -0.1) is 13.2 Å². The van der Waals surface area contributed by atoms with Gasteiger partial charge in [-0.3, -0.25) is 4.79 Å². The highest BCUT2D eigenvalue weighted by atomic mass is 35.5. The van der Waals surface area contributed by atoms with Crippen LogP contribution in [0.3, 0.4) is 0 Å². The van der Waals surface area contributed by atoms with Crippen molar-refractivity contribution in [2.45, 2.75) is 6.36 Å². The number of ether oxygens (including phenoxy) is 1. The van der Waals surface area contributed by atoms with Gasteiger partial charge < -0.3 is 4.74 Å². The number of carbonyl (C=O) groups excluding carboxylic acids is 1. The zero-order valence-electron chi connectivity index (χ0n) is 9.82. The van der Waals surface area contributed by atoms with Crippen LogP contribution in [-0.2, 0) is 0 Å². The van der Waals surface area contributed by atoms with E-state index in [2.05, 4.69) is 9.72 Å². The Morgan fingerprint density at radius 1 is 1.25 bits per heavy atom. The number of halogens is 4. The third-order valence-electron chi connectivity index (χ3n) is 2.42. The summed E-state index contributed by atoms with van der Waals surface area (Å²) in [5.41, 5.74) is 0.804. The molecule has 1 aromatic heterocycles. The van der Waals surface area contributed by atoms with Crippen LogP contribution in [0.5, 0.6) is 5.75 Å². The van der Waals surface area contributed by atoms with Gasteiger partial charge in [-0.05, 0) is 23.8 Å². The van der Waals surface area contributed by atoms with Crippen molar-refractivity contribution >= 4 is 17.9 Å². The van der Waals surface area contributed by atoms with Gasteiger partial charge in [-0.1, -0.05) is 23.7 Å². The van der Waals surface area contributed by atoms with Crippen molar-refractivity contribution in [1.82, 2.24) is 4.98 Å². The first-order chi connectivity index (χ1) is 9.40. The first-order valence-electron chi connectivity index (χ1n) is 5.36. The molecule has 0 unspecified atom stereocenters. The number of aromatic nitrogens is 1. The van der Waals surface area contributed by atoms with E-state index >= 15 is 0 Å². The average Bonchev–Trinajstić information content (AvgIpc) is 2.36. The number of rotatable bonds is 3. The summed E-state index contributed by atoms with van der Waals surface area (Å²) in [6.07, 6.45) is -2.89. The van der Waals surface area contributed by atoms with Gasteiger partial charge in [-0.25, -0.2) is 4.98 Å². The van der Waals surface area contributed by atoms with Gasteiger partial charge >= 0.3 is 6.36 Å². The first kappa shape index (κ1) is 14.3. The monoisotopic (exact) mass is 301 g/mol. The van der Waals surface area contributed by atoms with Crippen LogP contribution in [0.2, 0.25) is 5.15 Å². The number of hydrogen-bond donors (Lipinski definition) is 0. The van der Waals surface area contributed by atoms with Gasteiger partial charge in [0.1, 0.15) is 10.9 Å². The molecule has 20 heavy (non-hydrogen) atoms. The molecule has 0 aliphatic heterocycles. The van der Waals surface area contributed by atoms with Gasteiger partial charge in [0, 0.05) is 17.3 Å². The van der Waals surface area contributed by atoms with Crippen molar-refractivity contribution in [3.63, 3.8) is 0 Å². The van der Waals surface area contributed by atoms with E-state index in [1.807, 2.05) is 0 Å². The smallest absolute Gasteiger partial charge is 0.406 e. The molecule has 2 rings (SSSR count). The molecule has 0 radical (unpaired) electrons. The molecule has 0 N–H and O–H groups in total. The minimum atomic E-state index is -4.79. The number of alkyl halides is 3. The fourth-order valence-corrected chi connectivity index (χ4v) is 1.96. The molecule has 0 amide bonds. The van der Waals surface area contributed by atoms with E-state index in [0.717, 1.165) is 12.1 Å². The van der Waals surface area contributed by atoms with E-state index in [4.69, 9.17) is 11.6 Å². The van der Waals surface area contributed by atoms with Gasteiger partial charge in [0.2, 0.25) is 0 Å². The van der Waals surface area contributed by atoms with Gasteiger partial charge in [-0.2, -0.15) is 0 Å². The Labute approximate surface area is 117 Å². The van der Waals surface area contributed by atoms with E-state index in [-0.39, 0.29) is 16.3 Å². The predicted octanol–water partition coefficient (Wildman–Crippen LogP) is 4.11. The maximum atomic E-state index is 12.2. The van der Waals surface area contributed by atoms with Crippen LogP contribution >= 0.6 is 11.6 Å². The van der Waals surface area contributed by atoms with Gasteiger partial charge in [0.25, 0.3) is 0 Å². The Hall–Kier alpha value is -2.08. The Morgan fingerprint density at radius 2 is 2.00 bits per heavy atom. The van der Waals surface area contributed by atoms with E-state index in [1.165, 1.54) is 24.4 Å². The molecule has 2 aromatic rings. The first-order valence-corrected chi connectivity index (χ1v) is 5.74. The summed E-state index contributed by atoms with van der Waals surface area (Å²) < 4.78 is 40.4. The fourth-order valence-electron chi connectivity index (χ4n) is 1.68. The Balaban J connectivity index is 2.49. The standard InChI is InChI=1S/C13H7ClF3NO2/c14-12-11(9(7-19)4-5-18-12)8-2-1-3-10(6-8)20-13(15,16)17/h1-7H. The Morgan fingerprint density at radius 3 is 2.65 bits per heavy atom. The SMILES string of the molecule is O=Cc1ccnc(Cl)c1-c1cccc(OC(F)(F)F)c1. The molecule has 0 fully saturated rings. The molecule has 3 nitrogen and oxygen atoms in total. The van der Waals surface area contributed by atoms with Crippen molar-refractivity contribution in [3.8, 4) is 16.9 Å². The maximum Gasteiger partial charge on any atom is 0.573 e. The molecule has 0 atom stereocenters. The molecule has 7 heteroatoms. The van der Waals surface area contributed by atoms with Crippen LogP contribution in [0.15, 0.2) is 36.5 Å². The van der Waals surface area contributed by atoms with E-state index in [0.29, 0.717) is 11.8 Å². The third-order valence-corrected chi connectivity index (χ3v) is 2.71. The summed E-state index contributed by atoms with van der Waals surface area (Å²) in [5, 5.41) is 0.0266. The number of carbonyl (C=O) groups is 1. The summed E-state index contributed by atoms with van der Waals surface area (Å²) in [6, 6.07) is 6.60. The number of nitrogens with zero attached hydrogens (tertiary/aromatic N) is 1. The number of aldehydes is 1. The number of benzene rings is 1. The second-order valence-electron chi connectivity index (χ2n) is 3.76. The summed E-state index contributed by atoms with van der Waals surface area (Å²) in [4.78, 5) is 14.8. The summed E-state index contributed by atoms with van der Waals surface area (Å²) >= 11 is 5.90. The highest BCUT2D eigenvalue weighted by Gasteiger charge is 2.31. The second kappa shape index (κ2) is 5.50. The highest BCUT2D eigenvalue weighted by Crippen LogP contribution is 2.32. The van der Waals surface area contributed by atoms with E-state index in [1.54, 1.807) is 0 Å². The molecule has 0 saturated carbocycles. The molecule has 1 heterocycles. The molecular weight excluding hydrogens is 295 g/mol. The van der Waals surface area contributed by atoms with Crippen molar-refractivity contribution in [2.75, 3.05) is 0 Å². The minimum Gasteiger partial charge on any atom is -0.406 e. The van der Waals surface area contributed by atoms with Crippen molar-refractivity contribution in [2.24, 2.45) is 0 Å². The topological polar surface area (TPSA) is 39.2 Å². The predicted molar refractivity (Wildman–Crippen MR) is 66.8 cm³/mol. The van der Waals surface area contributed by atoms with Crippen molar-refractivity contribution in [1.29, 1.82) is 0 Å². The quantitative estimate of drug-likeness (QED) is 0.632. The van der Waals surface area contributed by atoms with Crippen LogP contribution in [0, 0.1) is 0 Å². The zero-order valence-corrected chi connectivity index (χ0v) is 10.6. The molecule has 104 valence electrons. The molecule has 0 spiro atoms. The maximum absolute atomic E-state index is 12.2. The highest BCUT2D eigenvalue weighted by molar-refractivity contribution is 6.32. The normalized spacial score (nSPS) is 11.2. The largest absolute Gasteiger partial charge is 0.573 e. The molecule has 0 aliphatic rings.